The molecule has 1 aliphatic heterocycles. The number of aromatic nitrogens is 1. The van der Waals surface area contributed by atoms with Crippen molar-refractivity contribution in [3.63, 3.8) is 0 Å². The smallest absolute Gasteiger partial charge is 0.333 e. The first-order valence-corrected chi connectivity index (χ1v) is 13.4. The lowest BCUT2D eigenvalue weighted by molar-refractivity contribution is -0.137. The van der Waals surface area contributed by atoms with Gasteiger partial charge in [0.2, 0.25) is 0 Å². The molecule has 0 aliphatic carbocycles. The Balaban J connectivity index is 1.33. The summed E-state index contributed by atoms with van der Waals surface area (Å²) in [5, 5.41) is 3.08. The number of fused-ring (bicyclic) bond motifs is 1. The molecule has 196 valence electrons. The number of halogens is 4. The molecule has 9 heteroatoms. The molecule has 3 aromatic carbocycles. The molecule has 1 amide bonds. The lowest BCUT2D eigenvalue weighted by atomic mass is 10.00. The Bertz CT molecular complexity index is 1440. The van der Waals surface area contributed by atoms with Crippen LogP contribution in [0.15, 0.2) is 78.2 Å². The van der Waals surface area contributed by atoms with Crippen LogP contribution in [0.1, 0.15) is 43.3 Å². The summed E-state index contributed by atoms with van der Waals surface area (Å²) in [5.41, 5.74) is 3.61. The Hall–Kier alpha value is -3.20. The topological polar surface area (TPSA) is 36.4 Å². The monoisotopic (exact) mass is 555 g/mol. The van der Waals surface area contributed by atoms with Gasteiger partial charge in [0.05, 0.1) is 12.1 Å². The molecule has 4 aromatic rings. The van der Waals surface area contributed by atoms with Gasteiger partial charge in [0.15, 0.2) is 0 Å². The van der Waals surface area contributed by atoms with E-state index >= 15 is 0 Å². The summed E-state index contributed by atoms with van der Waals surface area (Å²) in [6.07, 6.45) is -3.60. The van der Waals surface area contributed by atoms with E-state index in [1.54, 1.807) is 17.5 Å². The van der Waals surface area contributed by atoms with E-state index < -0.39 is 11.7 Å². The van der Waals surface area contributed by atoms with Crippen LogP contribution in [-0.2, 0) is 38.8 Å². The Morgan fingerprint density at radius 3 is 2.39 bits per heavy atom. The maximum atomic E-state index is 13.3. The largest absolute Gasteiger partial charge is 0.416 e. The van der Waals surface area contributed by atoms with Crippen LogP contribution in [0.25, 0.3) is 0 Å². The first kappa shape index (κ1) is 26.4. The van der Waals surface area contributed by atoms with E-state index in [9.17, 15) is 18.0 Å². The quantitative estimate of drug-likeness (QED) is 0.242. The van der Waals surface area contributed by atoms with Crippen LogP contribution in [0.2, 0.25) is 5.02 Å². The molecule has 5 rings (SSSR count). The molecular weight excluding hydrogens is 531 g/mol. The zero-order valence-electron chi connectivity index (χ0n) is 20.4. The van der Waals surface area contributed by atoms with Gasteiger partial charge in [-0.1, -0.05) is 66.2 Å². The van der Waals surface area contributed by atoms with Crippen molar-refractivity contribution < 1.29 is 18.0 Å². The predicted octanol–water partition coefficient (Wildman–Crippen LogP) is 7.22. The molecule has 0 saturated heterocycles. The minimum atomic E-state index is -4.41. The summed E-state index contributed by atoms with van der Waals surface area (Å²) < 4.78 is 39.9. The summed E-state index contributed by atoms with van der Waals surface area (Å²) in [7, 11) is 0. The second kappa shape index (κ2) is 11.3. The van der Waals surface area contributed by atoms with Gasteiger partial charge in [-0.15, -0.1) is 11.3 Å². The maximum Gasteiger partial charge on any atom is 0.416 e. The zero-order valence-corrected chi connectivity index (χ0v) is 22.0. The standard InChI is InChI=1S/C29H25ClF3N3OS/c30-25-10-4-6-21(14-25)16-35(15-20-5-3-9-24(13-20)29(31,32)33)18-27-34-26(19-38-27)28(37)36-12-11-22-7-1-2-8-23(22)17-36/h1-10,13-14,19H,11-12,15-18H2. The Morgan fingerprint density at radius 1 is 0.947 bits per heavy atom. The fraction of sp³-hybridized carbons (Fsp3) is 0.241. The highest BCUT2D eigenvalue weighted by Crippen LogP contribution is 2.30. The van der Waals surface area contributed by atoms with E-state index in [4.69, 9.17) is 11.6 Å². The van der Waals surface area contributed by atoms with E-state index in [0.717, 1.165) is 28.6 Å². The SMILES string of the molecule is O=C(c1csc(CN(Cc2cccc(Cl)c2)Cc2cccc(C(F)(F)F)c2)n1)N1CCc2ccccc2C1. The minimum absolute atomic E-state index is 0.110. The zero-order chi connectivity index (χ0) is 26.7. The summed E-state index contributed by atoms with van der Waals surface area (Å²) >= 11 is 7.55. The summed E-state index contributed by atoms with van der Waals surface area (Å²) in [6, 6.07) is 20.9. The number of nitrogens with zero attached hydrogens (tertiary/aromatic N) is 3. The number of thiazole rings is 1. The van der Waals surface area contributed by atoms with Crippen molar-refractivity contribution in [1.82, 2.24) is 14.8 Å². The number of amides is 1. The molecule has 0 atom stereocenters. The molecule has 0 fully saturated rings. The molecular formula is C29H25ClF3N3OS. The molecule has 4 nitrogen and oxygen atoms in total. The molecule has 1 aromatic heterocycles. The normalized spacial score (nSPS) is 13.6. The first-order chi connectivity index (χ1) is 18.2. The van der Waals surface area contributed by atoms with Crippen molar-refractivity contribution in [2.75, 3.05) is 6.54 Å². The molecule has 1 aliphatic rings. The van der Waals surface area contributed by atoms with Gasteiger partial charge in [-0.05, 0) is 46.9 Å². The fourth-order valence-electron chi connectivity index (χ4n) is 4.67. The van der Waals surface area contributed by atoms with Gasteiger partial charge in [-0.3, -0.25) is 9.69 Å². The molecule has 0 unspecified atom stereocenters. The second-order valence-electron chi connectivity index (χ2n) is 9.35. The lowest BCUT2D eigenvalue weighted by Crippen LogP contribution is -2.36. The van der Waals surface area contributed by atoms with Crippen molar-refractivity contribution in [3.8, 4) is 0 Å². The van der Waals surface area contributed by atoms with Gasteiger partial charge in [0, 0.05) is 36.6 Å². The van der Waals surface area contributed by atoms with E-state index in [-0.39, 0.29) is 12.5 Å². The maximum absolute atomic E-state index is 13.3. The number of hydrogen-bond acceptors (Lipinski definition) is 4. The van der Waals surface area contributed by atoms with Gasteiger partial charge in [-0.25, -0.2) is 4.98 Å². The Labute approximate surface area is 228 Å². The molecule has 0 N–H and O–H groups in total. The van der Waals surface area contributed by atoms with Crippen molar-refractivity contribution >= 4 is 28.8 Å². The number of rotatable bonds is 7. The van der Waals surface area contributed by atoms with E-state index in [1.807, 2.05) is 46.2 Å². The number of benzene rings is 3. The van der Waals surface area contributed by atoms with Gasteiger partial charge < -0.3 is 4.90 Å². The van der Waals surface area contributed by atoms with Gasteiger partial charge in [-0.2, -0.15) is 13.2 Å². The molecule has 0 bridgehead atoms. The van der Waals surface area contributed by atoms with Crippen LogP contribution in [0.3, 0.4) is 0 Å². The van der Waals surface area contributed by atoms with Crippen LogP contribution in [0.5, 0.6) is 0 Å². The summed E-state index contributed by atoms with van der Waals surface area (Å²) in [6.45, 7) is 2.31. The van der Waals surface area contributed by atoms with Crippen LogP contribution in [0.4, 0.5) is 13.2 Å². The summed E-state index contributed by atoms with van der Waals surface area (Å²) in [5.74, 6) is -0.110. The third kappa shape index (κ3) is 6.43. The Kier molecular flexibility index (Phi) is 7.83. The third-order valence-corrected chi connectivity index (χ3v) is 7.57. The average Bonchev–Trinajstić information content (AvgIpc) is 3.36. The average molecular weight is 556 g/mol. The van der Waals surface area contributed by atoms with Crippen molar-refractivity contribution in [2.24, 2.45) is 0 Å². The highest BCUT2D eigenvalue weighted by molar-refractivity contribution is 7.09. The van der Waals surface area contributed by atoms with Gasteiger partial charge in [0.25, 0.3) is 5.91 Å². The van der Waals surface area contributed by atoms with E-state index in [0.29, 0.717) is 42.5 Å². The molecule has 0 saturated carbocycles. The molecule has 2 heterocycles. The molecule has 0 radical (unpaired) electrons. The summed E-state index contributed by atoms with van der Waals surface area (Å²) in [4.78, 5) is 21.6. The molecule has 38 heavy (non-hydrogen) atoms. The van der Waals surface area contributed by atoms with Crippen molar-refractivity contribution in [2.45, 2.75) is 38.8 Å². The highest BCUT2D eigenvalue weighted by Gasteiger charge is 2.30. The number of alkyl halides is 3. The van der Waals surface area contributed by atoms with Crippen LogP contribution in [0, 0.1) is 0 Å². The van der Waals surface area contributed by atoms with E-state index in [2.05, 4.69) is 11.1 Å². The van der Waals surface area contributed by atoms with Crippen LogP contribution in [-0.4, -0.2) is 27.2 Å². The van der Waals surface area contributed by atoms with E-state index in [1.165, 1.54) is 29.0 Å². The fourth-order valence-corrected chi connectivity index (χ4v) is 5.69. The number of carbonyl (C=O) groups is 1. The van der Waals surface area contributed by atoms with Gasteiger partial charge >= 0.3 is 6.18 Å². The van der Waals surface area contributed by atoms with Crippen LogP contribution >= 0.6 is 22.9 Å². The Morgan fingerprint density at radius 2 is 1.66 bits per heavy atom. The third-order valence-electron chi connectivity index (χ3n) is 6.50. The first-order valence-electron chi connectivity index (χ1n) is 12.2. The minimum Gasteiger partial charge on any atom is -0.333 e. The number of hydrogen-bond donors (Lipinski definition) is 0. The van der Waals surface area contributed by atoms with Crippen molar-refractivity contribution in [3.05, 3.63) is 122 Å². The predicted molar refractivity (Wildman–Crippen MR) is 143 cm³/mol. The highest BCUT2D eigenvalue weighted by atomic mass is 35.5. The van der Waals surface area contributed by atoms with Gasteiger partial charge in [0.1, 0.15) is 10.7 Å². The second-order valence-corrected chi connectivity index (χ2v) is 10.7. The molecule has 0 spiro atoms. The number of carbonyl (C=O) groups excluding carboxylic acids is 1. The lowest BCUT2D eigenvalue weighted by Gasteiger charge is -2.28. The van der Waals surface area contributed by atoms with Crippen molar-refractivity contribution in [1.29, 1.82) is 0 Å². The van der Waals surface area contributed by atoms with Crippen LogP contribution < -0.4 is 0 Å².